The minimum atomic E-state index is -4.80. The number of aromatic nitrogens is 2. The van der Waals surface area contributed by atoms with Gasteiger partial charge in [0, 0.05) is 23.7 Å². The van der Waals surface area contributed by atoms with Gasteiger partial charge in [-0.15, -0.1) is 13.2 Å². The standard InChI is InChI=1S/C21H20ClF3N4O2/c1-3-12(2)26-20-28-18(13-5-4-6-15(9-13)31-21(23,24)25)11-19(29-20)27-17-8-7-14(30)10-16(17)22/h4-12,30H,3H2,1-2H3,(H2,26,27,28,29)/t12-/m1/s1. The molecule has 3 aromatic rings. The molecule has 10 heteroatoms. The number of phenols is 1. The lowest BCUT2D eigenvalue weighted by Crippen LogP contribution is -2.17. The monoisotopic (exact) mass is 452 g/mol. The number of ether oxygens (including phenoxy) is 1. The van der Waals surface area contributed by atoms with Crippen molar-refractivity contribution < 1.29 is 23.0 Å². The summed E-state index contributed by atoms with van der Waals surface area (Å²) in [6, 6.07) is 11.6. The summed E-state index contributed by atoms with van der Waals surface area (Å²) in [5.41, 5.74) is 1.29. The molecule has 0 unspecified atom stereocenters. The molecule has 0 bridgehead atoms. The summed E-state index contributed by atoms with van der Waals surface area (Å²) in [5, 5.41) is 16.0. The number of nitrogens with one attached hydrogen (secondary N) is 2. The maximum atomic E-state index is 12.6. The molecule has 0 aliphatic rings. The van der Waals surface area contributed by atoms with Crippen LogP contribution < -0.4 is 15.4 Å². The lowest BCUT2D eigenvalue weighted by atomic mass is 10.1. The van der Waals surface area contributed by atoms with Gasteiger partial charge in [-0.25, -0.2) is 4.98 Å². The molecule has 3 rings (SSSR count). The summed E-state index contributed by atoms with van der Waals surface area (Å²) in [6.07, 6.45) is -3.98. The average Bonchev–Trinajstić information content (AvgIpc) is 2.69. The van der Waals surface area contributed by atoms with E-state index in [1.165, 1.54) is 30.3 Å². The Labute approximate surface area is 182 Å². The Bertz CT molecular complexity index is 1060. The first-order valence-corrected chi connectivity index (χ1v) is 9.78. The number of aromatic hydroxyl groups is 1. The summed E-state index contributed by atoms with van der Waals surface area (Å²) in [7, 11) is 0. The van der Waals surface area contributed by atoms with Crippen molar-refractivity contribution in [3.8, 4) is 22.8 Å². The molecule has 0 radical (unpaired) electrons. The van der Waals surface area contributed by atoms with Crippen molar-refractivity contribution in [1.29, 1.82) is 0 Å². The first-order chi connectivity index (χ1) is 14.6. The number of hydrogen-bond acceptors (Lipinski definition) is 6. The van der Waals surface area contributed by atoms with Gasteiger partial charge in [0.25, 0.3) is 0 Å². The molecule has 6 nitrogen and oxygen atoms in total. The Hall–Kier alpha value is -3.20. The summed E-state index contributed by atoms with van der Waals surface area (Å²) in [6.45, 7) is 3.95. The molecule has 0 aliphatic carbocycles. The first kappa shape index (κ1) is 22.5. The van der Waals surface area contributed by atoms with Crippen molar-refractivity contribution in [2.24, 2.45) is 0 Å². The number of anilines is 3. The van der Waals surface area contributed by atoms with Crippen LogP contribution >= 0.6 is 11.6 Å². The lowest BCUT2D eigenvalue weighted by molar-refractivity contribution is -0.274. The predicted molar refractivity (Wildman–Crippen MR) is 114 cm³/mol. The van der Waals surface area contributed by atoms with Crippen molar-refractivity contribution in [3.05, 3.63) is 53.6 Å². The Morgan fingerprint density at radius 3 is 2.58 bits per heavy atom. The largest absolute Gasteiger partial charge is 0.573 e. The SMILES string of the molecule is CC[C@@H](C)Nc1nc(Nc2ccc(O)cc2Cl)cc(-c2cccc(OC(F)(F)F)c2)n1. The van der Waals surface area contributed by atoms with Crippen molar-refractivity contribution in [2.75, 3.05) is 10.6 Å². The van der Waals surface area contributed by atoms with Crippen molar-refractivity contribution in [1.82, 2.24) is 9.97 Å². The summed E-state index contributed by atoms with van der Waals surface area (Å²) < 4.78 is 41.8. The molecule has 164 valence electrons. The zero-order chi connectivity index (χ0) is 22.6. The molecule has 31 heavy (non-hydrogen) atoms. The number of benzene rings is 2. The highest BCUT2D eigenvalue weighted by Crippen LogP contribution is 2.32. The Morgan fingerprint density at radius 1 is 1.13 bits per heavy atom. The fourth-order valence-electron chi connectivity index (χ4n) is 2.64. The van der Waals surface area contributed by atoms with Crippen molar-refractivity contribution in [3.63, 3.8) is 0 Å². The van der Waals surface area contributed by atoms with Crippen LogP contribution in [0.25, 0.3) is 11.3 Å². The molecule has 1 aromatic heterocycles. The Kier molecular flexibility index (Phi) is 6.74. The normalized spacial score (nSPS) is 12.3. The van der Waals surface area contributed by atoms with E-state index >= 15 is 0 Å². The maximum absolute atomic E-state index is 12.6. The van der Waals surface area contributed by atoms with Gasteiger partial charge in [-0.2, -0.15) is 4.98 Å². The van der Waals surface area contributed by atoms with E-state index in [2.05, 4.69) is 25.3 Å². The third kappa shape index (κ3) is 6.39. The van der Waals surface area contributed by atoms with Gasteiger partial charge in [0.15, 0.2) is 0 Å². The molecule has 0 fully saturated rings. The molecule has 3 N–H and O–H groups in total. The fraction of sp³-hybridized carbons (Fsp3) is 0.238. The molecule has 0 amide bonds. The van der Waals surface area contributed by atoms with Crippen LogP contribution in [0.4, 0.5) is 30.6 Å². The molecular formula is C21H20ClF3N4O2. The number of alkyl halides is 3. The van der Waals surface area contributed by atoms with Crippen LogP contribution in [0.5, 0.6) is 11.5 Å². The third-order valence-electron chi connectivity index (χ3n) is 4.29. The molecule has 0 saturated heterocycles. The van der Waals surface area contributed by atoms with Crippen molar-refractivity contribution in [2.45, 2.75) is 32.7 Å². The van der Waals surface area contributed by atoms with E-state index in [9.17, 15) is 18.3 Å². The molecular weight excluding hydrogens is 433 g/mol. The Morgan fingerprint density at radius 2 is 1.90 bits per heavy atom. The van der Waals surface area contributed by atoms with E-state index in [0.29, 0.717) is 28.7 Å². The minimum Gasteiger partial charge on any atom is -0.508 e. The van der Waals surface area contributed by atoms with Gasteiger partial charge in [0.05, 0.1) is 16.4 Å². The first-order valence-electron chi connectivity index (χ1n) is 9.40. The highest BCUT2D eigenvalue weighted by molar-refractivity contribution is 6.33. The highest BCUT2D eigenvalue weighted by Gasteiger charge is 2.31. The van der Waals surface area contributed by atoms with E-state index in [0.717, 1.165) is 6.42 Å². The smallest absolute Gasteiger partial charge is 0.508 e. The second-order valence-electron chi connectivity index (χ2n) is 6.78. The van der Waals surface area contributed by atoms with Gasteiger partial charge in [-0.3, -0.25) is 0 Å². The summed E-state index contributed by atoms with van der Waals surface area (Å²) in [4.78, 5) is 8.86. The van der Waals surface area contributed by atoms with Crippen LogP contribution in [-0.4, -0.2) is 27.5 Å². The summed E-state index contributed by atoms with van der Waals surface area (Å²) >= 11 is 6.16. The van der Waals surface area contributed by atoms with Crippen LogP contribution in [0.2, 0.25) is 5.02 Å². The van der Waals surface area contributed by atoms with E-state index < -0.39 is 6.36 Å². The number of rotatable bonds is 7. The number of halogens is 4. The molecule has 1 atom stereocenters. The maximum Gasteiger partial charge on any atom is 0.573 e. The Balaban J connectivity index is 2.00. The van der Waals surface area contributed by atoms with Gasteiger partial charge >= 0.3 is 6.36 Å². The quantitative estimate of drug-likeness (QED) is 0.362. The molecule has 0 spiro atoms. The number of nitrogens with zero attached hydrogens (tertiary/aromatic N) is 2. The van der Waals surface area contributed by atoms with Gasteiger partial charge in [0.2, 0.25) is 5.95 Å². The lowest BCUT2D eigenvalue weighted by Gasteiger charge is -2.15. The third-order valence-corrected chi connectivity index (χ3v) is 4.61. The van der Waals surface area contributed by atoms with E-state index in [1.807, 2.05) is 13.8 Å². The van der Waals surface area contributed by atoms with Gasteiger partial charge in [-0.1, -0.05) is 30.7 Å². The topological polar surface area (TPSA) is 79.3 Å². The van der Waals surface area contributed by atoms with E-state index in [-0.39, 0.29) is 22.6 Å². The number of phenolic OH excluding ortho intramolecular Hbond substituents is 1. The van der Waals surface area contributed by atoms with E-state index in [4.69, 9.17) is 11.6 Å². The minimum absolute atomic E-state index is 0.0135. The van der Waals surface area contributed by atoms with Gasteiger partial charge < -0.3 is 20.5 Å². The molecule has 0 saturated carbocycles. The molecule has 0 aliphatic heterocycles. The van der Waals surface area contributed by atoms with Crippen LogP contribution in [0, 0.1) is 0 Å². The van der Waals surface area contributed by atoms with Crippen LogP contribution in [0.3, 0.4) is 0 Å². The fourth-order valence-corrected chi connectivity index (χ4v) is 2.86. The van der Waals surface area contributed by atoms with Gasteiger partial charge in [-0.05, 0) is 37.6 Å². The zero-order valence-electron chi connectivity index (χ0n) is 16.7. The molecule has 1 heterocycles. The van der Waals surface area contributed by atoms with Crippen LogP contribution in [0.1, 0.15) is 20.3 Å². The highest BCUT2D eigenvalue weighted by atomic mass is 35.5. The predicted octanol–water partition coefficient (Wildman–Crippen LogP) is 6.36. The summed E-state index contributed by atoms with van der Waals surface area (Å²) in [5.74, 6) is 0.326. The van der Waals surface area contributed by atoms with Crippen LogP contribution in [0.15, 0.2) is 48.5 Å². The van der Waals surface area contributed by atoms with Crippen molar-refractivity contribution >= 4 is 29.1 Å². The van der Waals surface area contributed by atoms with E-state index in [1.54, 1.807) is 18.2 Å². The van der Waals surface area contributed by atoms with Crippen LogP contribution in [-0.2, 0) is 0 Å². The zero-order valence-corrected chi connectivity index (χ0v) is 17.4. The van der Waals surface area contributed by atoms with Gasteiger partial charge in [0.1, 0.15) is 17.3 Å². The average molecular weight is 453 g/mol. The number of hydrogen-bond donors (Lipinski definition) is 3. The second-order valence-corrected chi connectivity index (χ2v) is 7.19. The molecule has 2 aromatic carbocycles. The second kappa shape index (κ2) is 9.30.